The number of rotatable bonds is 4. The fourth-order valence-electron chi connectivity index (χ4n) is 2.30. The molecule has 106 valence electrons. The molecule has 0 unspecified atom stereocenters. The van der Waals surface area contributed by atoms with Crippen LogP contribution in [0.15, 0.2) is 30.6 Å². The van der Waals surface area contributed by atoms with Gasteiger partial charge in [-0.1, -0.05) is 12.1 Å². The number of aryl methyl sites for hydroxylation is 1. The lowest BCUT2D eigenvalue weighted by atomic mass is 10.2. The minimum Gasteiger partial charge on any atom is -0.490 e. The first-order chi connectivity index (χ1) is 9.83. The number of nitrogens with one attached hydrogen (secondary N) is 1. The molecule has 2 aromatic rings. The lowest BCUT2D eigenvalue weighted by molar-refractivity contribution is 0.296. The van der Waals surface area contributed by atoms with Crippen molar-refractivity contribution in [2.45, 2.75) is 19.5 Å². The maximum atomic E-state index is 5.80. The van der Waals surface area contributed by atoms with Crippen molar-refractivity contribution in [3.05, 3.63) is 41.7 Å². The predicted molar refractivity (Wildman–Crippen MR) is 75.8 cm³/mol. The molecule has 0 radical (unpaired) electrons. The topological polar surface area (TPSA) is 48.3 Å². The molecule has 5 nitrogen and oxygen atoms in total. The second-order valence-electron chi connectivity index (χ2n) is 4.92. The molecule has 1 N–H and O–H groups in total. The largest absolute Gasteiger partial charge is 0.490 e. The summed E-state index contributed by atoms with van der Waals surface area (Å²) < 4.78 is 13.3. The highest BCUT2D eigenvalue weighted by Gasteiger charge is 2.13. The van der Waals surface area contributed by atoms with Gasteiger partial charge in [-0.05, 0) is 6.07 Å². The van der Waals surface area contributed by atoms with Gasteiger partial charge in [0.15, 0.2) is 11.5 Å². The van der Waals surface area contributed by atoms with Gasteiger partial charge >= 0.3 is 0 Å². The molecule has 0 fully saturated rings. The van der Waals surface area contributed by atoms with Gasteiger partial charge in [-0.2, -0.15) is 5.10 Å². The van der Waals surface area contributed by atoms with E-state index in [0.29, 0.717) is 6.61 Å². The number of para-hydroxylation sites is 1. The first-order valence-electron chi connectivity index (χ1n) is 6.88. The summed E-state index contributed by atoms with van der Waals surface area (Å²) in [5.74, 6) is 1.73. The quantitative estimate of drug-likeness (QED) is 0.924. The van der Waals surface area contributed by atoms with Crippen LogP contribution in [0.3, 0.4) is 0 Å². The van der Waals surface area contributed by atoms with Crippen LogP contribution in [0, 0.1) is 0 Å². The normalized spacial score (nSPS) is 14.1. The number of nitrogens with zero attached hydrogens (tertiary/aromatic N) is 2. The number of hydrogen-bond acceptors (Lipinski definition) is 4. The average molecular weight is 273 g/mol. The molecule has 2 heterocycles. The van der Waals surface area contributed by atoms with Crippen molar-refractivity contribution in [2.24, 2.45) is 7.05 Å². The highest BCUT2D eigenvalue weighted by atomic mass is 16.5. The number of hydrogen-bond donors (Lipinski definition) is 1. The van der Waals surface area contributed by atoms with E-state index >= 15 is 0 Å². The van der Waals surface area contributed by atoms with Crippen molar-refractivity contribution >= 4 is 0 Å². The van der Waals surface area contributed by atoms with E-state index in [1.807, 2.05) is 36.3 Å². The van der Waals surface area contributed by atoms with Crippen molar-refractivity contribution in [3.63, 3.8) is 0 Å². The Morgan fingerprint density at radius 1 is 1.25 bits per heavy atom. The zero-order chi connectivity index (χ0) is 13.8. The van der Waals surface area contributed by atoms with E-state index in [9.17, 15) is 0 Å². The van der Waals surface area contributed by atoms with E-state index in [-0.39, 0.29) is 0 Å². The van der Waals surface area contributed by atoms with Crippen LogP contribution in [0.4, 0.5) is 0 Å². The Labute approximate surface area is 118 Å². The molecule has 0 saturated carbocycles. The molecule has 0 saturated heterocycles. The molecule has 0 spiro atoms. The summed E-state index contributed by atoms with van der Waals surface area (Å²) in [5.41, 5.74) is 2.31. The molecule has 1 aromatic heterocycles. The van der Waals surface area contributed by atoms with Gasteiger partial charge in [0.05, 0.1) is 19.4 Å². The average Bonchev–Trinajstić information content (AvgIpc) is 2.73. The summed E-state index contributed by atoms with van der Waals surface area (Å²) in [6.45, 7) is 2.98. The molecule has 0 atom stereocenters. The smallest absolute Gasteiger partial charge is 0.165 e. The fourth-order valence-corrected chi connectivity index (χ4v) is 2.30. The van der Waals surface area contributed by atoms with Gasteiger partial charge in [0, 0.05) is 43.9 Å². The van der Waals surface area contributed by atoms with E-state index in [2.05, 4.69) is 16.5 Å². The second kappa shape index (κ2) is 5.96. The second-order valence-corrected chi connectivity index (χ2v) is 4.92. The molecule has 0 amide bonds. The Morgan fingerprint density at radius 2 is 2.15 bits per heavy atom. The molecule has 20 heavy (non-hydrogen) atoms. The predicted octanol–water partition coefficient (Wildman–Crippen LogP) is 1.87. The summed E-state index contributed by atoms with van der Waals surface area (Å²) in [5, 5.41) is 7.57. The SMILES string of the molecule is Cn1cc(CNCc2cccc3c2OCCCO3)cn1. The maximum absolute atomic E-state index is 5.80. The Kier molecular flexibility index (Phi) is 3.87. The molecule has 1 aliphatic heterocycles. The summed E-state index contributed by atoms with van der Waals surface area (Å²) in [4.78, 5) is 0. The summed E-state index contributed by atoms with van der Waals surface area (Å²) in [6, 6.07) is 6.05. The molecule has 0 aliphatic carbocycles. The van der Waals surface area contributed by atoms with Crippen molar-refractivity contribution in [1.29, 1.82) is 0 Å². The maximum Gasteiger partial charge on any atom is 0.165 e. The molecule has 5 heteroatoms. The van der Waals surface area contributed by atoms with Crippen molar-refractivity contribution < 1.29 is 9.47 Å². The Hall–Kier alpha value is -2.01. The third-order valence-corrected chi connectivity index (χ3v) is 3.26. The van der Waals surface area contributed by atoms with Crippen LogP contribution in [-0.4, -0.2) is 23.0 Å². The Morgan fingerprint density at radius 3 is 3.00 bits per heavy atom. The number of aromatic nitrogens is 2. The Balaban J connectivity index is 1.65. The van der Waals surface area contributed by atoms with E-state index in [4.69, 9.17) is 9.47 Å². The third kappa shape index (κ3) is 2.93. The van der Waals surface area contributed by atoms with Gasteiger partial charge in [0.2, 0.25) is 0 Å². The zero-order valence-electron chi connectivity index (χ0n) is 11.6. The van der Waals surface area contributed by atoms with E-state index < -0.39 is 0 Å². The summed E-state index contributed by atoms with van der Waals surface area (Å²) in [7, 11) is 1.92. The number of ether oxygens (including phenoxy) is 2. The fraction of sp³-hybridized carbons (Fsp3) is 0.400. The number of fused-ring (bicyclic) bond motifs is 1. The molecular formula is C15H19N3O2. The molecule has 0 bridgehead atoms. The summed E-state index contributed by atoms with van der Waals surface area (Å²) >= 11 is 0. The summed E-state index contributed by atoms with van der Waals surface area (Å²) in [6.07, 6.45) is 4.81. The standard InChI is InChI=1S/C15H19N3O2/c1-18-11-12(9-17-18)8-16-10-13-4-2-5-14-15(13)20-7-3-6-19-14/h2,4-5,9,11,16H,3,6-8,10H2,1H3. The molecule has 1 aromatic carbocycles. The lowest BCUT2D eigenvalue weighted by Crippen LogP contribution is -2.13. The first-order valence-corrected chi connectivity index (χ1v) is 6.88. The van der Waals surface area contributed by atoms with E-state index in [1.54, 1.807) is 0 Å². The highest BCUT2D eigenvalue weighted by molar-refractivity contribution is 5.47. The minimum absolute atomic E-state index is 0.715. The van der Waals surface area contributed by atoms with Crippen LogP contribution >= 0.6 is 0 Å². The van der Waals surface area contributed by atoms with Crippen molar-refractivity contribution in [2.75, 3.05) is 13.2 Å². The molecular weight excluding hydrogens is 254 g/mol. The van der Waals surface area contributed by atoms with Crippen molar-refractivity contribution in [3.8, 4) is 11.5 Å². The van der Waals surface area contributed by atoms with E-state index in [1.165, 1.54) is 5.56 Å². The van der Waals surface area contributed by atoms with Gasteiger partial charge in [-0.15, -0.1) is 0 Å². The number of benzene rings is 1. The van der Waals surface area contributed by atoms with Crippen molar-refractivity contribution in [1.82, 2.24) is 15.1 Å². The van der Waals surface area contributed by atoms with Gasteiger partial charge in [-0.25, -0.2) is 0 Å². The Bertz CT molecular complexity index is 580. The first kappa shape index (κ1) is 13.0. The van der Waals surface area contributed by atoms with Gasteiger partial charge in [-0.3, -0.25) is 4.68 Å². The van der Waals surface area contributed by atoms with Crippen LogP contribution in [0.5, 0.6) is 11.5 Å². The van der Waals surface area contributed by atoms with Crippen LogP contribution in [0.1, 0.15) is 17.5 Å². The minimum atomic E-state index is 0.715. The monoisotopic (exact) mass is 273 g/mol. The lowest BCUT2D eigenvalue weighted by Gasteiger charge is -2.12. The van der Waals surface area contributed by atoms with Gasteiger partial charge in [0.25, 0.3) is 0 Å². The van der Waals surface area contributed by atoms with Crippen LogP contribution in [-0.2, 0) is 20.1 Å². The van der Waals surface area contributed by atoms with Gasteiger partial charge in [0.1, 0.15) is 0 Å². The highest BCUT2D eigenvalue weighted by Crippen LogP contribution is 2.33. The molecule has 3 rings (SSSR count). The third-order valence-electron chi connectivity index (χ3n) is 3.26. The molecule has 1 aliphatic rings. The van der Waals surface area contributed by atoms with Crippen LogP contribution < -0.4 is 14.8 Å². The van der Waals surface area contributed by atoms with Crippen LogP contribution in [0.25, 0.3) is 0 Å². The van der Waals surface area contributed by atoms with Crippen LogP contribution in [0.2, 0.25) is 0 Å². The zero-order valence-corrected chi connectivity index (χ0v) is 11.6. The van der Waals surface area contributed by atoms with E-state index in [0.717, 1.165) is 43.2 Å². The van der Waals surface area contributed by atoms with Gasteiger partial charge < -0.3 is 14.8 Å².